The molecular weight excluding hydrogens is 364 g/mol. The molecule has 0 amide bonds. The standard InChI is InChI=1S/C18H20N6O2S/c1-11(2)8-9-23-16(25)13-6-4-5-7-14(13)24-17(23)21-22-18(24)27-10-15-20-19-12(3)26-15/h4-7,11H,8-10H2,1-3H3. The van der Waals surface area contributed by atoms with Crippen molar-refractivity contribution >= 4 is 28.4 Å². The lowest BCUT2D eigenvalue weighted by Crippen LogP contribution is -2.24. The van der Waals surface area contributed by atoms with E-state index in [1.807, 2.05) is 28.7 Å². The smallest absolute Gasteiger partial charge is 0.262 e. The molecule has 0 aliphatic rings. The molecule has 3 aromatic heterocycles. The first kappa shape index (κ1) is 17.7. The number of thioether (sulfide) groups is 1. The highest BCUT2D eigenvalue weighted by Gasteiger charge is 2.17. The number of hydrogen-bond donors (Lipinski definition) is 0. The summed E-state index contributed by atoms with van der Waals surface area (Å²) in [6, 6.07) is 7.55. The molecule has 0 saturated carbocycles. The van der Waals surface area contributed by atoms with E-state index >= 15 is 0 Å². The molecule has 140 valence electrons. The highest BCUT2D eigenvalue weighted by atomic mass is 32.2. The zero-order valence-corrected chi connectivity index (χ0v) is 16.2. The van der Waals surface area contributed by atoms with Crippen molar-refractivity contribution in [3.8, 4) is 0 Å². The van der Waals surface area contributed by atoms with Gasteiger partial charge in [0, 0.05) is 13.5 Å². The summed E-state index contributed by atoms with van der Waals surface area (Å²) in [4.78, 5) is 13.0. The van der Waals surface area contributed by atoms with Gasteiger partial charge in [-0.15, -0.1) is 20.4 Å². The van der Waals surface area contributed by atoms with E-state index in [1.54, 1.807) is 11.5 Å². The molecule has 0 bridgehead atoms. The van der Waals surface area contributed by atoms with Crippen LogP contribution in [0.2, 0.25) is 0 Å². The summed E-state index contributed by atoms with van der Waals surface area (Å²) in [5, 5.41) is 17.8. The number of aryl methyl sites for hydroxylation is 2. The third kappa shape index (κ3) is 3.34. The maximum Gasteiger partial charge on any atom is 0.262 e. The molecule has 3 heterocycles. The first-order valence-corrected chi connectivity index (χ1v) is 9.81. The van der Waals surface area contributed by atoms with E-state index in [9.17, 15) is 4.79 Å². The molecular formula is C18H20N6O2S. The van der Waals surface area contributed by atoms with Gasteiger partial charge < -0.3 is 4.42 Å². The molecule has 0 aliphatic heterocycles. The summed E-state index contributed by atoms with van der Waals surface area (Å²) in [5.74, 6) is 2.60. The Morgan fingerprint density at radius 3 is 2.70 bits per heavy atom. The minimum atomic E-state index is -0.0322. The largest absolute Gasteiger partial charge is 0.425 e. The molecule has 4 rings (SSSR count). The monoisotopic (exact) mass is 384 g/mol. The maximum absolute atomic E-state index is 13.0. The molecule has 8 nitrogen and oxygen atoms in total. The highest BCUT2D eigenvalue weighted by Crippen LogP contribution is 2.24. The predicted molar refractivity (Wildman–Crippen MR) is 103 cm³/mol. The van der Waals surface area contributed by atoms with Crippen LogP contribution in [-0.2, 0) is 12.3 Å². The van der Waals surface area contributed by atoms with Crippen molar-refractivity contribution < 1.29 is 4.42 Å². The van der Waals surface area contributed by atoms with Gasteiger partial charge >= 0.3 is 0 Å². The van der Waals surface area contributed by atoms with E-state index in [0.717, 1.165) is 11.9 Å². The van der Waals surface area contributed by atoms with Crippen molar-refractivity contribution in [2.24, 2.45) is 5.92 Å². The van der Waals surface area contributed by atoms with Crippen molar-refractivity contribution in [3.05, 3.63) is 46.4 Å². The molecule has 4 aromatic rings. The molecule has 0 aliphatic carbocycles. The Balaban J connectivity index is 1.82. The van der Waals surface area contributed by atoms with Crippen LogP contribution in [0.4, 0.5) is 0 Å². The highest BCUT2D eigenvalue weighted by molar-refractivity contribution is 7.98. The molecule has 27 heavy (non-hydrogen) atoms. The van der Waals surface area contributed by atoms with Crippen LogP contribution in [0.25, 0.3) is 16.7 Å². The predicted octanol–water partition coefficient (Wildman–Crippen LogP) is 3.07. The number of fused-ring (bicyclic) bond motifs is 3. The molecule has 0 unspecified atom stereocenters. The first-order valence-electron chi connectivity index (χ1n) is 8.83. The van der Waals surface area contributed by atoms with E-state index < -0.39 is 0 Å². The Bertz CT molecular complexity index is 1160. The van der Waals surface area contributed by atoms with Crippen molar-refractivity contribution in [2.45, 2.75) is 44.6 Å². The number of hydrogen-bond acceptors (Lipinski definition) is 7. The average molecular weight is 384 g/mol. The average Bonchev–Trinajstić information content (AvgIpc) is 3.26. The SMILES string of the molecule is Cc1nnc(CSc2nnc3n(CCC(C)C)c(=O)c4ccccc4n23)o1. The molecule has 0 radical (unpaired) electrons. The maximum atomic E-state index is 13.0. The molecule has 0 saturated heterocycles. The fraction of sp³-hybridized carbons (Fsp3) is 0.389. The quantitative estimate of drug-likeness (QED) is 0.472. The van der Waals surface area contributed by atoms with Crippen LogP contribution in [-0.4, -0.2) is 29.4 Å². The van der Waals surface area contributed by atoms with Crippen LogP contribution in [0.5, 0.6) is 0 Å². The number of nitrogens with zero attached hydrogens (tertiary/aromatic N) is 6. The fourth-order valence-electron chi connectivity index (χ4n) is 2.94. The lowest BCUT2D eigenvalue weighted by molar-refractivity contribution is 0.485. The second kappa shape index (κ2) is 7.15. The Kier molecular flexibility index (Phi) is 4.69. The van der Waals surface area contributed by atoms with Crippen LogP contribution in [0.3, 0.4) is 0 Å². The molecule has 0 fully saturated rings. The second-order valence-corrected chi connectivity index (χ2v) is 7.72. The van der Waals surface area contributed by atoms with Crippen LogP contribution >= 0.6 is 11.8 Å². The summed E-state index contributed by atoms with van der Waals surface area (Å²) < 4.78 is 9.09. The Labute approximate surface area is 159 Å². The first-order chi connectivity index (χ1) is 13.0. The summed E-state index contributed by atoms with van der Waals surface area (Å²) in [6.45, 7) is 6.65. The third-order valence-corrected chi connectivity index (χ3v) is 5.21. The zero-order valence-electron chi connectivity index (χ0n) is 15.4. The molecule has 9 heteroatoms. The second-order valence-electron chi connectivity index (χ2n) is 6.78. The van der Waals surface area contributed by atoms with E-state index in [0.29, 0.717) is 46.3 Å². The van der Waals surface area contributed by atoms with E-state index in [-0.39, 0.29) is 5.56 Å². The lowest BCUT2D eigenvalue weighted by Gasteiger charge is -2.12. The van der Waals surface area contributed by atoms with Gasteiger partial charge in [-0.1, -0.05) is 37.7 Å². The van der Waals surface area contributed by atoms with Crippen molar-refractivity contribution in [3.63, 3.8) is 0 Å². The van der Waals surface area contributed by atoms with Crippen molar-refractivity contribution in [1.29, 1.82) is 0 Å². The van der Waals surface area contributed by atoms with E-state index in [4.69, 9.17) is 4.42 Å². The lowest BCUT2D eigenvalue weighted by atomic mass is 10.1. The van der Waals surface area contributed by atoms with Gasteiger partial charge in [0.2, 0.25) is 17.6 Å². The Hall–Kier alpha value is -2.68. The van der Waals surface area contributed by atoms with Crippen LogP contribution < -0.4 is 5.56 Å². The third-order valence-electron chi connectivity index (χ3n) is 4.30. The number of para-hydroxylation sites is 1. The van der Waals surface area contributed by atoms with Gasteiger partial charge in [0.15, 0.2) is 5.16 Å². The zero-order chi connectivity index (χ0) is 19.0. The number of aromatic nitrogens is 6. The summed E-state index contributed by atoms with van der Waals surface area (Å²) in [6.07, 6.45) is 0.893. The molecule has 1 aromatic carbocycles. The number of rotatable bonds is 6. The van der Waals surface area contributed by atoms with Gasteiger partial charge in [-0.3, -0.25) is 13.8 Å². The van der Waals surface area contributed by atoms with E-state index in [2.05, 4.69) is 34.2 Å². The van der Waals surface area contributed by atoms with Crippen LogP contribution in [0.1, 0.15) is 32.0 Å². The molecule has 0 N–H and O–H groups in total. The fourth-order valence-corrected chi connectivity index (χ4v) is 3.71. The van der Waals surface area contributed by atoms with Crippen molar-refractivity contribution in [2.75, 3.05) is 0 Å². The van der Waals surface area contributed by atoms with Gasteiger partial charge in [-0.2, -0.15) is 0 Å². The topological polar surface area (TPSA) is 91.1 Å². The summed E-state index contributed by atoms with van der Waals surface area (Å²) in [7, 11) is 0. The van der Waals surface area contributed by atoms with Gasteiger partial charge in [-0.25, -0.2) is 0 Å². The Morgan fingerprint density at radius 2 is 1.96 bits per heavy atom. The molecule has 0 spiro atoms. The van der Waals surface area contributed by atoms with Crippen LogP contribution in [0, 0.1) is 12.8 Å². The van der Waals surface area contributed by atoms with Gasteiger partial charge in [0.05, 0.1) is 16.7 Å². The summed E-state index contributed by atoms with van der Waals surface area (Å²) >= 11 is 1.45. The van der Waals surface area contributed by atoms with Gasteiger partial charge in [0.25, 0.3) is 5.56 Å². The Morgan fingerprint density at radius 1 is 1.15 bits per heavy atom. The normalized spacial score (nSPS) is 11.9. The minimum Gasteiger partial charge on any atom is -0.425 e. The van der Waals surface area contributed by atoms with Crippen LogP contribution in [0.15, 0.2) is 38.6 Å². The number of benzene rings is 1. The molecule has 0 atom stereocenters. The van der Waals surface area contributed by atoms with Crippen molar-refractivity contribution in [1.82, 2.24) is 29.4 Å². The summed E-state index contributed by atoms with van der Waals surface area (Å²) in [5.41, 5.74) is 0.766. The minimum absolute atomic E-state index is 0.0322. The van der Waals surface area contributed by atoms with Gasteiger partial charge in [-0.05, 0) is 24.5 Å². The van der Waals surface area contributed by atoms with Gasteiger partial charge in [0.1, 0.15) is 0 Å². The van der Waals surface area contributed by atoms with E-state index in [1.165, 1.54) is 11.8 Å².